The molecule has 5 nitrogen and oxygen atoms in total. The van der Waals surface area contributed by atoms with Crippen LogP contribution in [0.4, 0.5) is 11.4 Å². The summed E-state index contributed by atoms with van der Waals surface area (Å²) in [7, 11) is 3.80. The lowest BCUT2D eigenvalue weighted by molar-refractivity contribution is 1.13. The molecule has 18 heavy (non-hydrogen) atoms. The SMILES string of the molecule is CN(C)c1cccc(NC(C#N)=C(C#N)C#N)c1. The van der Waals surface area contributed by atoms with Crippen LogP contribution in [-0.4, -0.2) is 14.1 Å². The zero-order valence-electron chi connectivity index (χ0n) is 10.1. The van der Waals surface area contributed by atoms with Crippen molar-refractivity contribution >= 4 is 11.4 Å². The van der Waals surface area contributed by atoms with Crippen LogP contribution >= 0.6 is 0 Å². The summed E-state index contributed by atoms with van der Waals surface area (Å²) >= 11 is 0. The van der Waals surface area contributed by atoms with Crippen molar-refractivity contribution in [1.29, 1.82) is 15.8 Å². The fourth-order valence-corrected chi connectivity index (χ4v) is 1.29. The molecule has 5 heteroatoms. The van der Waals surface area contributed by atoms with E-state index in [2.05, 4.69) is 5.32 Å². The highest BCUT2D eigenvalue weighted by atomic mass is 15.1. The molecule has 1 rings (SSSR count). The number of hydrogen-bond acceptors (Lipinski definition) is 5. The standard InChI is InChI=1S/C13H11N5/c1-18(2)12-5-3-4-11(6-12)17-13(9-16)10(7-14)8-15/h3-6,17H,1-2H3. The second-order valence-corrected chi connectivity index (χ2v) is 3.66. The van der Waals surface area contributed by atoms with Gasteiger partial charge in [-0.15, -0.1) is 0 Å². The molecule has 0 radical (unpaired) electrons. The minimum absolute atomic E-state index is 0.0455. The third kappa shape index (κ3) is 3.01. The van der Waals surface area contributed by atoms with Gasteiger partial charge in [-0.25, -0.2) is 0 Å². The van der Waals surface area contributed by atoms with Crippen LogP contribution in [0.5, 0.6) is 0 Å². The molecule has 1 aromatic carbocycles. The predicted molar refractivity (Wildman–Crippen MR) is 68.3 cm³/mol. The first-order valence-corrected chi connectivity index (χ1v) is 5.11. The number of rotatable bonds is 3. The number of nitriles is 3. The van der Waals surface area contributed by atoms with Gasteiger partial charge in [0, 0.05) is 25.5 Å². The van der Waals surface area contributed by atoms with Gasteiger partial charge >= 0.3 is 0 Å². The van der Waals surface area contributed by atoms with Crippen molar-refractivity contribution in [1.82, 2.24) is 0 Å². The monoisotopic (exact) mass is 237 g/mol. The van der Waals surface area contributed by atoms with Gasteiger partial charge in [0.05, 0.1) is 0 Å². The van der Waals surface area contributed by atoms with Crippen LogP contribution in [0.2, 0.25) is 0 Å². The Balaban J connectivity index is 3.10. The first-order chi connectivity index (χ1) is 8.62. The smallest absolute Gasteiger partial charge is 0.163 e. The summed E-state index contributed by atoms with van der Waals surface area (Å²) in [5.41, 5.74) is 1.33. The van der Waals surface area contributed by atoms with E-state index >= 15 is 0 Å². The summed E-state index contributed by atoms with van der Waals surface area (Å²) in [5, 5.41) is 29.1. The van der Waals surface area contributed by atoms with E-state index in [9.17, 15) is 0 Å². The van der Waals surface area contributed by atoms with Gasteiger partial charge in [-0.05, 0) is 18.2 Å². The maximum atomic E-state index is 8.92. The Kier molecular flexibility index (Phi) is 4.32. The number of nitrogens with one attached hydrogen (secondary N) is 1. The molecule has 0 saturated carbocycles. The quantitative estimate of drug-likeness (QED) is 0.812. The molecule has 0 fully saturated rings. The average molecular weight is 237 g/mol. The van der Waals surface area contributed by atoms with Crippen molar-refractivity contribution < 1.29 is 0 Å². The van der Waals surface area contributed by atoms with E-state index in [4.69, 9.17) is 15.8 Å². The van der Waals surface area contributed by atoms with Gasteiger partial charge in [-0.2, -0.15) is 15.8 Å². The maximum absolute atomic E-state index is 8.92. The van der Waals surface area contributed by atoms with Crippen LogP contribution in [0.3, 0.4) is 0 Å². The van der Waals surface area contributed by atoms with Gasteiger partial charge in [-0.3, -0.25) is 0 Å². The Morgan fingerprint density at radius 2 is 1.78 bits per heavy atom. The van der Waals surface area contributed by atoms with E-state index in [1.807, 2.05) is 43.3 Å². The van der Waals surface area contributed by atoms with Gasteiger partial charge in [0.25, 0.3) is 0 Å². The van der Waals surface area contributed by atoms with E-state index in [-0.39, 0.29) is 11.3 Å². The van der Waals surface area contributed by atoms with Crippen molar-refractivity contribution in [2.75, 3.05) is 24.3 Å². The van der Waals surface area contributed by atoms with Gasteiger partial charge in [0.2, 0.25) is 0 Å². The van der Waals surface area contributed by atoms with Crippen molar-refractivity contribution in [2.24, 2.45) is 0 Å². The summed E-state index contributed by atoms with van der Waals surface area (Å²) in [6.07, 6.45) is 0. The van der Waals surface area contributed by atoms with Crippen LogP contribution < -0.4 is 10.2 Å². The fraction of sp³-hybridized carbons (Fsp3) is 0.154. The Hall–Kier alpha value is -2.97. The molecule has 0 aromatic heterocycles. The number of anilines is 2. The average Bonchev–Trinajstić information content (AvgIpc) is 2.39. The molecule has 0 aliphatic carbocycles. The lowest BCUT2D eigenvalue weighted by atomic mass is 10.2. The predicted octanol–water partition coefficient (Wildman–Crippen LogP) is 1.99. The summed E-state index contributed by atoms with van der Waals surface area (Å²) < 4.78 is 0. The van der Waals surface area contributed by atoms with Crippen molar-refractivity contribution in [3.05, 3.63) is 35.5 Å². The lowest BCUT2D eigenvalue weighted by Gasteiger charge is -2.14. The van der Waals surface area contributed by atoms with Crippen molar-refractivity contribution in [3.8, 4) is 18.2 Å². The Bertz CT molecular complexity index is 577. The zero-order valence-corrected chi connectivity index (χ0v) is 10.1. The highest BCUT2D eigenvalue weighted by Gasteiger charge is 2.06. The molecule has 0 aliphatic rings. The topological polar surface area (TPSA) is 86.6 Å². The molecule has 0 aliphatic heterocycles. The van der Waals surface area contributed by atoms with E-state index in [0.29, 0.717) is 5.69 Å². The Morgan fingerprint density at radius 1 is 1.11 bits per heavy atom. The number of hydrogen-bond donors (Lipinski definition) is 1. The Morgan fingerprint density at radius 3 is 2.28 bits per heavy atom. The minimum Gasteiger partial charge on any atom is -0.378 e. The molecular formula is C13H11N5. The maximum Gasteiger partial charge on any atom is 0.163 e. The third-order valence-corrected chi connectivity index (χ3v) is 2.22. The van der Waals surface area contributed by atoms with Crippen molar-refractivity contribution in [3.63, 3.8) is 0 Å². The van der Waals surface area contributed by atoms with Crippen LogP contribution in [-0.2, 0) is 0 Å². The molecule has 0 spiro atoms. The molecular weight excluding hydrogens is 226 g/mol. The van der Waals surface area contributed by atoms with E-state index in [1.165, 1.54) is 0 Å². The molecule has 0 heterocycles. The number of nitrogens with zero attached hydrogens (tertiary/aromatic N) is 4. The van der Waals surface area contributed by atoms with Gasteiger partial charge < -0.3 is 10.2 Å². The highest BCUT2D eigenvalue weighted by molar-refractivity contribution is 5.63. The van der Waals surface area contributed by atoms with E-state index in [1.54, 1.807) is 18.2 Å². The first-order valence-electron chi connectivity index (χ1n) is 5.11. The van der Waals surface area contributed by atoms with E-state index < -0.39 is 0 Å². The summed E-state index contributed by atoms with van der Waals surface area (Å²) in [4.78, 5) is 1.91. The van der Waals surface area contributed by atoms with Crippen LogP contribution in [0.25, 0.3) is 0 Å². The molecule has 88 valence electrons. The minimum atomic E-state index is -0.229. The highest BCUT2D eigenvalue weighted by Crippen LogP contribution is 2.19. The fourth-order valence-electron chi connectivity index (χ4n) is 1.29. The summed E-state index contributed by atoms with van der Waals surface area (Å²) in [6.45, 7) is 0. The van der Waals surface area contributed by atoms with Crippen LogP contribution in [0.15, 0.2) is 35.5 Å². The van der Waals surface area contributed by atoms with Gasteiger partial charge in [0.1, 0.15) is 23.9 Å². The van der Waals surface area contributed by atoms with E-state index in [0.717, 1.165) is 5.69 Å². The number of benzene rings is 1. The molecule has 0 unspecified atom stereocenters. The molecule has 0 bridgehead atoms. The third-order valence-electron chi connectivity index (χ3n) is 2.22. The second-order valence-electron chi connectivity index (χ2n) is 3.66. The van der Waals surface area contributed by atoms with Crippen LogP contribution in [0, 0.1) is 34.0 Å². The summed E-state index contributed by atoms with van der Waals surface area (Å²) in [5.74, 6) is 0. The second kappa shape index (κ2) is 5.94. The largest absolute Gasteiger partial charge is 0.378 e. The zero-order chi connectivity index (χ0) is 13.5. The van der Waals surface area contributed by atoms with Gasteiger partial charge in [0.15, 0.2) is 5.57 Å². The van der Waals surface area contributed by atoms with Gasteiger partial charge in [-0.1, -0.05) is 6.07 Å². The normalized spacial score (nSPS) is 8.39. The molecule has 0 atom stereocenters. The molecule has 0 saturated heterocycles. The molecule has 1 aromatic rings. The number of allylic oxidation sites excluding steroid dienone is 2. The Labute approximate surface area is 106 Å². The van der Waals surface area contributed by atoms with Crippen LogP contribution in [0.1, 0.15) is 0 Å². The van der Waals surface area contributed by atoms with Crippen molar-refractivity contribution in [2.45, 2.75) is 0 Å². The first kappa shape index (κ1) is 13.1. The summed E-state index contributed by atoms with van der Waals surface area (Å²) in [6, 6.07) is 12.5. The lowest BCUT2D eigenvalue weighted by Crippen LogP contribution is -2.09. The molecule has 1 N–H and O–H groups in total. The molecule has 0 amide bonds.